The van der Waals surface area contributed by atoms with Crippen LogP contribution in [0.15, 0.2) is 47.2 Å². The zero-order chi connectivity index (χ0) is 38.5. The molecule has 5 rings (SSSR count). The van der Waals surface area contributed by atoms with Crippen LogP contribution in [-0.2, 0) is 53.4 Å². The zero-order valence-corrected chi connectivity index (χ0v) is 31.0. The number of oxime groups is 1. The number of hydroxylamine groups is 2. The van der Waals surface area contributed by atoms with E-state index in [0.717, 1.165) is 55.9 Å². The van der Waals surface area contributed by atoms with E-state index < -0.39 is 64.4 Å². The molecule has 2 aliphatic heterocycles. The summed E-state index contributed by atoms with van der Waals surface area (Å²) in [5.41, 5.74) is 5.31. The van der Waals surface area contributed by atoms with Gasteiger partial charge in [0.15, 0.2) is 29.0 Å². The topological polar surface area (TPSA) is 246 Å². The SMILES string of the molecule is CCCCn1cc(C(=O)Cc2ccc(OC[C@H](O/N=C(\C(=O)C[C@@H]3C(=O)N(OS(=O)(=O)O)C3(C)C)c3csc(N)n3)C(=O)O)cc2)c[n+]1CC1CNC1. The van der Waals surface area contributed by atoms with E-state index in [0.29, 0.717) is 22.3 Å². The van der Waals surface area contributed by atoms with Crippen molar-refractivity contribution < 1.29 is 55.8 Å². The minimum atomic E-state index is -5.00. The van der Waals surface area contributed by atoms with E-state index in [2.05, 4.69) is 36.0 Å². The number of carboxylic acids is 1. The Labute approximate surface area is 309 Å². The molecule has 0 unspecified atom stereocenters. The van der Waals surface area contributed by atoms with Gasteiger partial charge in [0.05, 0.1) is 24.2 Å². The summed E-state index contributed by atoms with van der Waals surface area (Å²) in [6, 6.07) is 6.61. The molecule has 286 valence electrons. The molecule has 18 nitrogen and oxygen atoms in total. The third kappa shape index (κ3) is 9.82. The molecule has 20 heteroatoms. The standard InChI is InChI=1S/C33H41N7O11S2/c1-4-5-10-38-16-22(17-39(38)15-21-13-35-14-21)26(41)11-20-6-8-23(9-7-20)49-18-28(31(44)45)50-37-29(25-19-52-32(34)36-25)27(42)12-24-30(43)40(33(24,2)3)51-53(46,47)48/h6-9,16-17,19,21,24,28,35H,4-5,10-15,18H2,1-3H3,(H3-,34,36,44,45,46,47,48)/p+1/b37-29-/t24-,28+/m1/s1. The van der Waals surface area contributed by atoms with Crippen LogP contribution in [0.5, 0.6) is 5.75 Å². The second kappa shape index (κ2) is 16.5. The van der Waals surface area contributed by atoms with Crippen LogP contribution in [0.25, 0.3) is 0 Å². The third-order valence-corrected chi connectivity index (χ3v) is 9.99. The Bertz CT molecular complexity index is 1970. The van der Waals surface area contributed by atoms with Crippen molar-refractivity contribution in [2.75, 3.05) is 25.4 Å². The highest BCUT2D eigenvalue weighted by Crippen LogP contribution is 2.40. The van der Waals surface area contributed by atoms with E-state index in [9.17, 15) is 32.7 Å². The summed E-state index contributed by atoms with van der Waals surface area (Å²) in [6.07, 6.45) is 3.83. The van der Waals surface area contributed by atoms with Crippen LogP contribution in [0.3, 0.4) is 0 Å². The number of aliphatic carboxylic acids is 1. The lowest BCUT2D eigenvalue weighted by Gasteiger charge is -2.50. The molecule has 2 aliphatic rings. The van der Waals surface area contributed by atoms with Gasteiger partial charge in [-0.15, -0.1) is 20.3 Å². The number of unbranched alkanes of at least 4 members (excludes halogenated alkanes) is 1. The maximum atomic E-state index is 13.4. The average Bonchev–Trinajstić information content (AvgIpc) is 3.70. The Morgan fingerprint density at radius 2 is 1.94 bits per heavy atom. The molecule has 2 atom stereocenters. The molecule has 2 aromatic heterocycles. The number of aryl methyl sites for hydroxylation is 1. The maximum Gasteiger partial charge on any atom is 0.418 e. The van der Waals surface area contributed by atoms with Crippen LogP contribution < -0.4 is 20.5 Å². The molecule has 0 radical (unpaired) electrons. The average molecular weight is 777 g/mol. The van der Waals surface area contributed by atoms with Crippen molar-refractivity contribution in [3.63, 3.8) is 0 Å². The number of rotatable bonds is 20. The van der Waals surface area contributed by atoms with Crippen LogP contribution in [0.1, 0.15) is 61.6 Å². The fourth-order valence-corrected chi connectivity index (χ4v) is 6.77. The highest BCUT2D eigenvalue weighted by Gasteiger charge is 2.57. The van der Waals surface area contributed by atoms with Crippen LogP contribution in [0.4, 0.5) is 5.13 Å². The smallest absolute Gasteiger partial charge is 0.418 e. The number of carbonyl (C=O) groups is 4. The number of ether oxygens (including phenoxy) is 1. The van der Waals surface area contributed by atoms with Gasteiger partial charge < -0.3 is 25.7 Å². The predicted molar refractivity (Wildman–Crippen MR) is 188 cm³/mol. The summed E-state index contributed by atoms with van der Waals surface area (Å²) in [7, 11) is -5.00. The molecular weight excluding hydrogens is 735 g/mol. The number of nitrogens with zero attached hydrogens (tertiary/aromatic N) is 5. The first-order valence-electron chi connectivity index (χ1n) is 16.8. The normalized spacial score (nSPS) is 17.9. The summed E-state index contributed by atoms with van der Waals surface area (Å²) < 4.78 is 45.5. The summed E-state index contributed by atoms with van der Waals surface area (Å²) in [6.45, 7) is 8.04. The minimum absolute atomic E-state index is 0.0344. The van der Waals surface area contributed by atoms with Gasteiger partial charge in [-0.25, -0.2) is 9.78 Å². The van der Waals surface area contributed by atoms with E-state index in [4.69, 9.17) is 19.9 Å². The monoisotopic (exact) mass is 776 g/mol. The largest absolute Gasteiger partial charge is 0.489 e. The first-order valence-corrected chi connectivity index (χ1v) is 19.1. The number of thiazole rings is 1. The molecular formula is C33H42N7O11S2+. The fourth-order valence-electron chi connectivity index (χ4n) is 5.77. The van der Waals surface area contributed by atoms with Gasteiger partial charge in [-0.2, -0.15) is 18.2 Å². The molecule has 0 aliphatic carbocycles. The Hall–Kier alpha value is -4.76. The van der Waals surface area contributed by atoms with Gasteiger partial charge in [0.25, 0.3) is 12.0 Å². The van der Waals surface area contributed by atoms with Gasteiger partial charge in [-0.05, 0) is 38.0 Å². The van der Waals surface area contributed by atoms with E-state index in [-0.39, 0.29) is 23.0 Å². The lowest BCUT2D eigenvalue weighted by Crippen LogP contribution is -2.68. The number of anilines is 1. The van der Waals surface area contributed by atoms with Crippen molar-refractivity contribution >= 4 is 56.0 Å². The first-order chi connectivity index (χ1) is 25.0. The Morgan fingerprint density at radius 1 is 1.23 bits per heavy atom. The Morgan fingerprint density at radius 3 is 2.51 bits per heavy atom. The number of nitrogens with two attached hydrogens (primary N) is 1. The van der Waals surface area contributed by atoms with E-state index >= 15 is 0 Å². The number of carboxylic acid groups (broad SMARTS) is 1. The maximum absolute atomic E-state index is 13.4. The van der Waals surface area contributed by atoms with Gasteiger partial charge in [0, 0.05) is 37.2 Å². The van der Waals surface area contributed by atoms with Gasteiger partial charge in [0.2, 0.25) is 6.20 Å². The number of benzene rings is 1. The number of ketones is 2. The number of nitrogen functional groups attached to an aromatic ring is 1. The highest BCUT2D eigenvalue weighted by atomic mass is 32.3. The van der Waals surface area contributed by atoms with Gasteiger partial charge in [0.1, 0.15) is 23.6 Å². The van der Waals surface area contributed by atoms with Crippen molar-refractivity contribution in [1.29, 1.82) is 0 Å². The summed E-state index contributed by atoms with van der Waals surface area (Å²) in [4.78, 5) is 60.5. The molecule has 0 spiro atoms. The Kier molecular flexibility index (Phi) is 12.3. The molecule has 3 aromatic rings. The van der Waals surface area contributed by atoms with E-state index in [1.165, 1.54) is 19.2 Å². The lowest BCUT2D eigenvalue weighted by molar-refractivity contribution is -0.781. The molecule has 2 saturated heterocycles. The number of amides is 1. The quantitative estimate of drug-likeness (QED) is 0.0317. The van der Waals surface area contributed by atoms with Crippen molar-refractivity contribution in [1.82, 2.24) is 20.0 Å². The van der Waals surface area contributed by atoms with Crippen molar-refractivity contribution in [3.8, 4) is 5.75 Å². The number of aromatic nitrogens is 3. The zero-order valence-electron chi connectivity index (χ0n) is 29.3. The van der Waals surface area contributed by atoms with Crippen LogP contribution in [0.2, 0.25) is 0 Å². The van der Waals surface area contributed by atoms with Gasteiger partial charge in [-0.1, -0.05) is 30.6 Å². The lowest BCUT2D eigenvalue weighted by atomic mass is 9.74. The molecule has 53 heavy (non-hydrogen) atoms. The van der Waals surface area contributed by atoms with Crippen molar-refractivity contribution in [2.24, 2.45) is 17.0 Å². The van der Waals surface area contributed by atoms with Crippen LogP contribution >= 0.6 is 11.3 Å². The molecule has 0 bridgehead atoms. The first kappa shape index (κ1) is 39.4. The van der Waals surface area contributed by atoms with Gasteiger partial charge in [-0.3, -0.25) is 18.9 Å². The Balaban J connectivity index is 1.21. The third-order valence-electron chi connectivity index (χ3n) is 8.98. The number of nitrogens with one attached hydrogen (secondary N) is 1. The van der Waals surface area contributed by atoms with Gasteiger partial charge >= 0.3 is 16.4 Å². The van der Waals surface area contributed by atoms with Crippen LogP contribution in [-0.4, -0.2) is 93.3 Å². The highest BCUT2D eigenvalue weighted by molar-refractivity contribution is 7.80. The molecule has 1 amide bonds. The number of β-lactam (4-membered cyclic amide) rings is 1. The second-order valence-corrected chi connectivity index (χ2v) is 15.2. The fraction of sp³-hybridized carbons (Fsp3) is 0.485. The van der Waals surface area contributed by atoms with Crippen LogP contribution in [0, 0.1) is 11.8 Å². The summed E-state index contributed by atoms with van der Waals surface area (Å²) in [5.74, 6) is -3.42. The minimum Gasteiger partial charge on any atom is -0.489 e. The number of carbonyl (C=O) groups excluding carboxylic acids is 3. The molecule has 1 aromatic carbocycles. The van der Waals surface area contributed by atoms with Crippen molar-refractivity contribution in [3.05, 3.63) is 58.9 Å². The summed E-state index contributed by atoms with van der Waals surface area (Å²) >= 11 is 0.979. The van der Waals surface area contributed by atoms with E-state index in [1.807, 2.05) is 12.4 Å². The second-order valence-electron chi connectivity index (χ2n) is 13.3. The molecule has 5 N–H and O–H groups in total. The number of hydrogen-bond acceptors (Lipinski definition) is 14. The number of hydrogen-bond donors (Lipinski definition) is 4. The predicted octanol–water partition coefficient (Wildman–Crippen LogP) is 1.44. The summed E-state index contributed by atoms with van der Waals surface area (Å²) in [5, 5.41) is 18.8. The molecule has 4 heterocycles. The van der Waals surface area contributed by atoms with Crippen molar-refractivity contribution in [2.45, 2.75) is 71.2 Å². The molecule has 0 saturated carbocycles. The molecule has 2 fully saturated rings. The number of Topliss-reactive ketones (excluding diaryl/α,β-unsaturated/α-hetero) is 2. The van der Waals surface area contributed by atoms with E-state index in [1.54, 1.807) is 24.3 Å².